The smallest absolute Gasteiger partial charge is 0.120 e. The van der Waals surface area contributed by atoms with Crippen molar-refractivity contribution in [3.05, 3.63) is 64.2 Å². The quantitative estimate of drug-likeness (QED) is 0.684. The Morgan fingerprint density at radius 1 is 1.21 bits per heavy atom. The number of aryl methyl sites for hydroxylation is 1. The number of ether oxygens (including phenoxy) is 1. The van der Waals surface area contributed by atoms with Crippen LogP contribution in [-0.2, 0) is 6.42 Å². The van der Waals surface area contributed by atoms with Gasteiger partial charge in [-0.05, 0) is 42.2 Å². The third-order valence-corrected chi connectivity index (χ3v) is 4.35. The fraction of sp³-hybridized carbons (Fsp3) is 0.250. The minimum Gasteiger partial charge on any atom is -0.497 e. The van der Waals surface area contributed by atoms with Crippen molar-refractivity contribution in [2.24, 2.45) is 0 Å². The molecular weight excluding hydrogens is 324 g/mol. The Labute approximate surface area is 127 Å². The van der Waals surface area contributed by atoms with Crippen molar-refractivity contribution in [3.63, 3.8) is 0 Å². The Morgan fingerprint density at radius 3 is 2.58 bits per heavy atom. The van der Waals surface area contributed by atoms with Crippen LogP contribution in [0, 0.1) is 6.92 Å². The molecule has 1 atom stereocenters. The molecule has 0 aromatic heterocycles. The highest BCUT2D eigenvalue weighted by molar-refractivity contribution is 9.09. The molecule has 0 heterocycles. The Kier molecular flexibility index (Phi) is 4.89. The van der Waals surface area contributed by atoms with Crippen LogP contribution in [0.3, 0.4) is 0 Å². The maximum absolute atomic E-state index is 6.30. The minimum atomic E-state index is 0.201. The number of hydrogen-bond acceptors (Lipinski definition) is 1. The van der Waals surface area contributed by atoms with Crippen LogP contribution in [0.1, 0.15) is 21.5 Å². The number of rotatable bonds is 4. The van der Waals surface area contributed by atoms with Gasteiger partial charge in [0, 0.05) is 9.85 Å². The lowest BCUT2D eigenvalue weighted by Crippen LogP contribution is -1.98. The Balaban J connectivity index is 2.21. The maximum Gasteiger partial charge on any atom is 0.120 e. The van der Waals surface area contributed by atoms with Gasteiger partial charge in [-0.1, -0.05) is 57.9 Å². The fourth-order valence-corrected chi connectivity index (χ4v) is 3.21. The van der Waals surface area contributed by atoms with E-state index >= 15 is 0 Å². The molecule has 1 nitrogen and oxygen atoms in total. The average molecular weight is 340 g/mol. The molecule has 3 heteroatoms. The van der Waals surface area contributed by atoms with Crippen molar-refractivity contribution >= 4 is 27.5 Å². The third-order valence-electron chi connectivity index (χ3n) is 3.21. The molecule has 0 amide bonds. The van der Waals surface area contributed by atoms with Crippen LogP contribution in [0.15, 0.2) is 42.5 Å². The van der Waals surface area contributed by atoms with Crippen molar-refractivity contribution in [1.29, 1.82) is 0 Å². The van der Waals surface area contributed by atoms with Crippen molar-refractivity contribution < 1.29 is 4.74 Å². The van der Waals surface area contributed by atoms with Crippen LogP contribution in [0.25, 0.3) is 0 Å². The second-order valence-corrected chi connectivity index (χ2v) is 6.00. The second-order valence-electron chi connectivity index (χ2n) is 4.49. The van der Waals surface area contributed by atoms with Gasteiger partial charge in [0.1, 0.15) is 5.75 Å². The second kappa shape index (κ2) is 6.44. The fourth-order valence-electron chi connectivity index (χ4n) is 2.03. The van der Waals surface area contributed by atoms with Crippen LogP contribution in [0.4, 0.5) is 0 Å². The first-order valence-electron chi connectivity index (χ1n) is 6.14. The van der Waals surface area contributed by atoms with E-state index in [0.717, 1.165) is 22.8 Å². The van der Waals surface area contributed by atoms with E-state index in [1.165, 1.54) is 11.1 Å². The lowest BCUT2D eigenvalue weighted by atomic mass is 10.0. The highest BCUT2D eigenvalue weighted by atomic mass is 79.9. The molecular formula is C16H16BrClO. The summed E-state index contributed by atoms with van der Waals surface area (Å²) in [4.78, 5) is 0.201. The van der Waals surface area contributed by atoms with Gasteiger partial charge in [-0.25, -0.2) is 0 Å². The van der Waals surface area contributed by atoms with Crippen molar-refractivity contribution in [3.8, 4) is 5.75 Å². The summed E-state index contributed by atoms with van der Waals surface area (Å²) < 4.78 is 5.17. The first-order chi connectivity index (χ1) is 9.11. The molecule has 0 aliphatic rings. The summed E-state index contributed by atoms with van der Waals surface area (Å²) >= 11 is 10.0. The molecule has 0 aliphatic carbocycles. The third kappa shape index (κ3) is 3.52. The van der Waals surface area contributed by atoms with Gasteiger partial charge in [0.15, 0.2) is 0 Å². The van der Waals surface area contributed by atoms with E-state index in [0.29, 0.717) is 0 Å². The number of benzene rings is 2. The number of halogens is 2. The van der Waals surface area contributed by atoms with Gasteiger partial charge in [-0.3, -0.25) is 0 Å². The van der Waals surface area contributed by atoms with E-state index in [1.54, 1.807) is 7.11 Å². The predicted octanol–water partition coefficient (Wildman–Crippen LogP) is 5.34. The van der Waals surface area contributed by atoms with Crippen LogP contribution < -0.4 is 4.74 Å². The van der Waals surface area contributed by atoms with Crippen LogP contribution >= 0.6 is 27.5 Å². The van der Waals surface area contributed by atoms with E-state index < -0.39 is 0 Å². The summed E-state index contributed by atoms with van der Waals surface area (Å²) in [5, 5.41) is 0.731. The Hall–Kier alpha value is -0.990. The molecule has 2 aromatic carbocycles. The van der Waals surface area contributed by atoms with E-state index in [-0.39, 0.29) is 4.83 Å². The molecule has 0 N–H and O–H groups in total. The summed E-state index contributed by atoms with van der Waals surface area (Å²) in [6.45, 7) is 2.13. The molecule has 0 spiro atoms. The molecule has 0 saturated carbocycles. The van der Waals surface area contributed by atoms with E-state index in [2.05, 4.69) is 47.1 Å². The first-order valence-corrected chi connectivity index (χ1v) is 7.43. The average Bonchev–Trinajstić information content (AvgIpc) is 2.41. The van der Waals surface area contributed by atoms with Gasteiger partial charge in [0.05, 0.1) is 7.11 Å². The van der Waals surface area contributed by atoms with Gasteiger partial charge in [0.2, 0.25) is 0 Å². The zero-order chi connectivity index (χ0) is 13.8. The molecule has 0 radical (unpaired) electrons. The topological polar surface area (TPSA) is 9.23 Å². The van der Waals surface area contributed by atoms with Crippen molar-refractivity contribution in [2.75, 3.05) is 7.11 Å². The maximum atomic E-state index is 6.30. The predicted molar refractivity (Wildman–Crippen MR) is 84.6 cm³/mol. The van der Waals surface area contributed by atoms with E-state index in [4.69, 9.17) is 16.3 Å². The molecule has 2 aromatic rings. The Morgan fingerprint density at radius 2 is 1.95 bits per heavy atom. The summed E-state index contributed by atoms with van der Waals surface area (Å²) in [5.41, 5.74) is 3.72. The van der Waals surface area contributed by atoms with Crippen molar-refractivity contribution in [2.45, 2.75) is 18.2 Å². The number of methoxy groups -OCH3 is 1. The molecule has 100 valence electrons. The van der Waals surface area contributed by atoms with Crippen LogP contribution in [0.5, 0.6) is 5.75 Å². The summed E-state index contributed by atoms with van der Waals surface area (Å²) in [6, 6.07) is 14.2. The van der Waals surface area contributed by atoms with E-state index in [1.807, 2.05) is 18.2 Å². The van der Waals surface area contributed by atoms with Gasteiger partial charge < -0.3 is 4.74 Å². The number of alkyl halides is 1. The normalized spacial score (nSPS) is 12.2. The minimum absolute atomic E-state index is 0.201. The monoisotopic (exact) mass is 338 g/mol. The molecule has 2 rings (SSSR count). The van der Waals surface area contributed by atoms with E-state index in [9.17, 15) is 0 Å². The molecule has 0 aliphatic heterocycles. The SMILES string of the molecule is COc1ccc(C(Br)Cc2ccccc2C)c(Cl)c1. The highest BCUT2D eigenvalue weighted by Gasteiger charge is 2.13. The standard InChI is InChI=1S/C16H16BrClO/c1-11-5-3-4-6-12(11)9-15(17)14-8-7-13(19-2)10-16(14)18/h3-8,10,15H,9H2,1-2H3. The zero-order valence-corrected chi connectivity index (χ0v) is 13.3. The van der Waals surface area contributed by atoms with Gasteiger partial charge in [-0.2, -0.15) is 0 Å². The molecule has 19 heavy (non-hydrogen) atoms. The summed E-state index contributed by atoms with van der Waals surface area (Å²) in [5.74, 6) is 0.782. The van der Waals surface area contributed by atoms with Gasteiger partial charge in [-0.15, -0.1) is 0 Å². The zero-order valence-electron chi connectivity index (χ0n) is 11.0. The Bertz CT molecular complexity index is 568. The van der Waals surface area contributed by atoms with Crippen molar-refractivity contribution in [1.82, 2.24) is 0 Å². The number of hydrogen-bond donors (Lipinski definition) is 0. The molecule has 0 saturated heterocycles. The summed E-state index contributed by atoms with van der Waals surface area (Å²) in [6.07, 6.45) is 0.915. The van der Waals surface area contributed by atoms with Gasteiger partial charge >= 0.3 is 0 Å². The van der Waals surface area contributed by atoms with Gasteiger partial charge in [0.25, 0.3) is 0 Å². The van der Waals surface area contributed by atoms with Crippen LogP contribution in [0.2, 0.25) is 5.02 Å². The lowest BCUT2D eigenvalue weighted by molar-refractivity contribution is 0.414. The molecule has 1 unspecified atom stereocenters. The largest absolute Gasteiger partial charge is 0.497 e. The summed E-state index contributed by atoms with van der Waals surface area (Å²) in [7, 11) is 1.64. The lowest BCUT2D eigenvalue weighted by Gasteiger charge is -2.14. The molecule has 0 bridgehead atoms. The highest BCUT2D eigenvalue weighted by Crippen LogP contribution is 2.34. The first kappa shape index (κ1) is 14.4. The molecule has 0 fully saturated rings. The van der Waals surface area contributed by atoms with Crippen LogP contribution in [-0.4, -0.2) is 7.11 Å².